The van der Waals surface area contributed by atoms with Gasteiger partial charge in [0.05, 0.1) is 0 Å². The van der Waals surface area contributed by atoms with Crippen LogP contribution in [0.1, 0.15) is 0 Å². The van der Waals surface area contributed by atoms with Gasteiger partial charge in [-0.15, -0.1) is 66.5 Å². The first-order valence-corrected chi connectivity index (χ1v) is 14.7. The van der Waals surface area contributed by atoms with E-state index in [2.05, 4.69) is 0 Å². The number of hydrogen-bond acceptors (Lipinski definition) is 0. The second kappa shape index (κ2) is 4.42. The maximum absolute atomic E-state index is 5.67. The van der Waals surface area contributed by atoms with Gasteiger partial charge in [-0.25, -0.2) is 0 Å². The molecule has 0 atom stereocenters. The van der Waals surface area contributed by atoms with E-state index in [1.165, 1.54) is 0 Å². The molecule has 0 spiro atoms. The lowest BCUT2D eigenvalue weighted by atomic mass is 26.5. The molecule has 0 aromatic heterocycles. The highest BCUT2D eigenvalue weighted by Gasteiger charge is 2.48. The quantitative estimate of drug-likeness (QED) is 0.543. The fourth-order valence-electron chi connectivity index (χ4n) is 0.0714. The molecule has 9 heteroatoms. The van der Waals surface area contributed by atoms with E-state index in [0.29, 0.717) is 0 Å². The van der Waals surface area contributed by atoms with Crippen LogP contribution >= 0.6 is 66.5 Å². The van der Waals surface area contributed by atoms with Gasteiger partial charge in [0.25, 0.3) is 19.6 Å². The molecule has 0 heterocycles. The van der Waals surface area contributed by atoms with E-state index < -0.39 is 19.6 Å². The molecule has 54 valence electrons. The van der Waals surface area contributed by atoms with Gasteiger partial charge in [0.1, 0.15) is 0 Å². The van der Waals surface area contributed by atoms with Crippen LogP contribution in [0.4, 0.5) is 0 Å². The van der Waals surface area contributed by atoms with Gasteiger partial charge < -0.3 is 0 Å². The minimum absolute atomic E-state index is 1.71. The van der Waals surface area contributed by atoms with Crippen LogP contribution in [-0.2, 0) is 0 Å². The van der Waals surface area contributed by atoms with Crippen molar-refractivity contribution < 1.29 is 0 Å². The average Bonchev–Trinajstić information content (AvgIpc) is 1.65. The largest absolute Gasteiger partial charge is 0.295 e. The molecule has 0 fully saturated rings. The lowest BCUT2D eigenvalue weighted by Crippen LogP contribution is -2.43. The molecule has 0 aliphatic heterocycles. The first kappa shape index (κ1) is 11.4. The highest BCUT2D eigenvalue weighted by atomic mass is 35.8. The van der Waals surface area contributed by atoms with Crippen molar-refractivity contribution in [2.45, 2.75) is 0 Å². The summed E-state index contributed by atoms with van der Waals surface area (Å²) in [5.74, 6) is 0. The second-order valence-electron chi connectivity index (χ2n) is 1.10. The van der Waals surface area contributed by atoms with Crippen LogP contribution in [0.5, 0.6) is 0 Å². The SMILES string of the molecule is Cl[Si](Cl)[Si](Cl)(Cl)[Si](Cl)Cl. The van der Waals surface area contributed by atoms with Gasteiger partial charge in [-0.05, 0) is 0 Å². The van der Waals surface area contributed by atoms with Crippen LogP contribution in [0, 0.1) is 0 Å². The zero-order chi connectivity index (χ0) is 7.65. The number of hydrogen-bond donors (Lipinski definition) is 0. The fourth-order valence-corrected chi connectivity index (χ4v) is 17.4. The van der Waals surface area contributed by atoms with Crippen LogP contribution in [-0.4, -0.2) is 19.6 Å². The van der Waals surface area contributed by atoms with Crippen LogP contribution in [0.15, 0.2) is 0 Å². The molecule has 0 N–H and O–H groups in total. The number of halogens is 6. The van der Waals surface area contributed by atoms with E-state index in [0.717, 1.165) is 0 Å². The van der Waals surface area contributed by atoms with Crippen LogP contribution < -0.4 is 0 Å². The second-order valence-corrected chi connectivity index (χ2v) is 29.6. The Labute approximate surface area is 85.3 Å². The zero-order valence-electron chi connectivity index (χ0n) is 3.77. The van der Waals surface area contributed by atoms with Crippen molar-refractivity contribution in [1.82, 2.24) is 0 Å². The Bertz CT molecular complexity index is 76.3. The van der Waals surface area contributed by atoms with Crippen molar-refractivity contribution in [1.29, 1.82) is 0 Å². The molecule has 0 aromatic carbocycles. The monoisotopic (exact) mass is 294 g/mol. The summed E-state index contributed by atoms with van der Waals surface area (Å²) in [6.07, 6.45) is 0. The average molecular weight is 297 g/mol. The Morgan fingerprint density at radius 2 is 1.00 bits per heavy atom. The molecule has 0 aliphatic rings. The molecule has 0 amide bonds. The molecule has 0 saturated carbocycles. The van der Waals surface area contributed by atoms with Crippen molar-refractivity contribution in [3.8, 4) is 0 Å². The minimum Gasteiger partial charge on any atom is -0.148 e. The predicted molar refractivity (Wildman–Crippen MR) is 52.4 cm³/mol. The van der Waals surface area contributed by atoms with E-state index in [1.54, 1.807) is 0 Å². The third-order valence-electron chi connectivity index (χ3n) is 0.475. The first-order valence-electron chi connectivity index (χ1n) is 1.63. The Balaban J connectivity index is 4.01. The van der Waals surface area contributed by atoms with Crippen LogP contribution in [0.25, 0.3) is 0 Å². The van der Waals surface area contributed by atoms with E-state index in [9.17, 15) is 0 Å². The van der Waals surface area contributed by atoms with Crippen molar-refractivity contribution >= 4 is 86.1 Å². The molecule has 2 radical (unpaired) electrons. The summed E-state index contributed by atoms with van der Waals surface area (Å²) in [5.41, 5.74) is -2.65. The standard InChI is InChI=1S/Cl6Si3/c1-7(2)9(5,6)8(3)4. The van der Waals surface area contributed by atoms with E-state index >= 15 is 0 Å². The van der Waals surface area contributed by atoms with Crippen molar-refractivity contribution in [3.63, 3.8) is 0 Å². The fraction of sp³-hybridized carbons (Fsp3) is 0. The molecule has 0 aromatic rings. The van der Waals surface area contributed by atoms with Gasteiger partial charge in [0.2, 0.25) is 0 Å². The maximum Gasteiger partial charge on any atom is 0.295 e. The summed E-state index contributed by atoms with van der Waals surface area (Å²) in [4.78, 5) is 0. The Morgan fingerprint density at radius 1 is 0.778 bits per heavy atom. The Morgan fingerprint density at radius 3 is 1.00 bits per heavy atom. The molecule has 9 heavy (non-hydrogen) atoms. The molecule has 0 bridgehead atoms. The molecule has 0 rings (SSSR count). The summed E-state index contributed by atoms with van der Waals surface area (Å²) in [6, 6.07) is 0. The third-order valence-corrected chi connectivity index (χ3v) is 38.5. The summed E-state index contributed by atoms with van der Waals surface area (Å²) >= 11 is 33.3. The first-order chi connectivity index (χ1) is 3.89. The lowest BCUT2D eigenvalue weighted by molar-refractivity contribution is 3.49. The highest BCUT2D eigenvalue weighted by molar-refractivity contribution is 8.07. The van der Waals surface area contributed by atoms with Crippen molar-refractivity contribution in [2.24, 2.45) is 0 Å². The molecule has 0 unspecified atom stereocenters. The summed E-state index contributed by atoms with van der Waals surface area (Å²) in [7, 11) is 0. The van der Waals surface area contributed by atoms with Gasteiger partial charge in [-0.2, -0.15) is 0 Å². The number of rotatable bonds is 2. The van der Waals surface area contributed by atoms with Gasteiger partial charge in [0.15, 0.2) is 0 Å². The van der Waals surface area contributed by atoms with Crippen LogP contribution in [0.3, 0.4) is 0 Å². The topological polar surface area (TPSA) is 0 Å². The zero-order valence-corrected chi connectivity index (χ0v) is 11.3. The maximum atomic E-state index is 5.67. The molecular weight excluding hydrogens is 297 g/mol. The van der Waals surface area contributed by atoms with Crippen LogP contribution in [0.2, 0.25) is 0 Å². The normalized spacial score (nSPS) is 13.3. The minimum atomic E-state index is -2.65. The summed E-state index contributed by atoms with van der Waals surface area (Å²) < 4.78 is 0. The predicted octanol–water partition coefficient (Wildman–Crippen LogP) is 2.99. The van der Waals surface area contributed by atoms with Gasteiger partial charge in [-0.3, -0.25) is 0 Å². The highest BCUT2D eigenvalue weighted by Crippen LogP contribution is 2.29. The van der Waals surface area contributed by atoms with Gasteiger partial charge in [0, 0.05) is 0 Å². The third kappa shape index (κ3) is 3.53. The Hall–Kier alpha value is 2.39. The molecule has 0 saturated heterocycles. The Kier molecular flexibility index (Phi) is 5.60. The lowest BCUT2D eigenvalue weighted by Gasteiger charge is -2.13. The van der Waals surface area contributed by atoms with Gasteiger partial charge in [-0.1, -0.05) is 0 Å². The molecule has 0 nitrogen and oxygen atoms in total. The van der Waals surface area contributed by atoms with E-state index in [-0.39, 0.29) is 0 Å². The van der Waals surface area contributed by atoms with Gasteiger partial charge >= 0.3 is 0 Å². The smallest absolute Gasteiger partial charge is 0.148 e. The van der Waals surface area contributed by atoms with E-state index in [1.807, 2.05) is 0 Å². The van der Waals surface area contributed by atoms with E-state index in [4.69, 9.17) is 66.5 Å². The van der Waals surface area contributed by atoms with Crippen molar-refractivity contribution in [3.05, 3.63) is 0 Å². The molecular formula is Cl6Si3. The summed E-state index contributed by atoms with van der Waals surface area (Å²) in [5, 5.41) is 0. The summed E-state index contributed by atoms with van der Waals surface area (Å²) in [6.45, 7) is -3.43. The molecule has 0 aliphatic carbocycles. The van der Waals surface area contributed by atoms with Crippen molar-refractivity contribution in [2.75, 3.05) is 0 Å².